The van der Waals surface area contributed by atoms with Crippen molar-refractivity contribution < 1.29 is 24.0 Å². The number of hydrogen-bond acceptors (Lipinski definition) is 6. The third-order valence-electron chi connectivity index (χ3n) is 8.55. The molecule has 2 aromatic rings. The van der Waals surface area contributed by atoms with Crippen LogP contribution in [0.4, 0.5) is 0 Å². The molecule has 1 fully saturated rings. The zero-order chi connectivity index (χ0) is 31.2. The van der Waals surface area contributed by atoms with Gasteiger partial charge in [0.05, 0.1) is 17.9 Å². The van der Waals surface area contributed by atoms with E-state index in [1.807, 2.05) is 83.2 Å². The fourth-order valence-corrected chi connectivity index (χ4v) is 5.86. The number of amides is 2. The van der Waals surface area contributed by atoms with Gasteiger partial charge in [0, 0.05) is 0 Å². The number of benzene rings is 2. The molecule has 0 bridgehead atoms. The summed E-state index contributed by atoms with van der Waals surface area (Å²) in [5.74, 6) is 5.49. The lowest BCUT2D eigenvalue weighted by atomic mass is 9.84. The summed E-state index contributed by atoms with van der Waals surface area (Å²) in [7, 11) is 0. The molecule has 1 unspecified atom stereocenters. The molecule has 2 amide bonds. The molecule has 2 aliphatic rings. The molecule has 2 aromatic carbocycles. The molecule has 0 saturated heterocycles. The van der Waals surface area contributed by atoms with Gasteiger partial charge in [0.15, 0.2) is 0 Å². The van der Waals surface area contributed by atoms with E-state index in [2.05, 4.69) is 33.7 Å². The highest BCUT2D eigenvalue weighted by Crippen LogP contribution is 2.58. The van der Waals surface area contributed by atoms with E-state index in [1.165, 1.54) is 0 Å². The van der Waals surface area contributed by atoms with E-state index < -0.39 is 22.8 Å². The minimum Gasteiger partial charge on any atom is -0.457 e. The van der Waals surface area contributed by atoms with Crippen LogP contribution in [-0.2, 0) is 25.6 Å². The Morgan fingerprint density at radius 3 is 2.44 bits per heavy atom. The molecule has 0 aliphatic heterocycles. The van der Waals surface area contributed by atoms with Crippen LogP contribution >= 0.6 is 0 Å². The number of aryl methyl sites for hydroxylation is 2. The molecular weight excluding hydrogens is 542 g/mol. The van der Waals surface area contributed by atoms with Gasteiger partial charge in [-0.25, -0.2) is 0 Å². The second-order valence-corrected chi connectivity index (χ2v) is 13.0. The van der Waals surface area contributed by atoms with E-state index in [0.29, 0.717) is 12.8 Å². The molecule has 0 aromatic heterocycles. The molecule has 8 heteroatoms. The van der Waals surface area contributed by atoms with Crippen LogP contribution in [0.5, 0.6) is 11.5 Å². The first-order valence-electron chi connectivity index (χ1n) is 15.1. The van der Waals surface area contributed by atoms with Gasteiger partial charge in [-0.3, -0.25) is 14.4 Å². The molecule has 4 rings (SSSR count). The van der Waals surface area contributed by atoms with Crippen molar-refractivity contribution in [2.24, 2.45) is 22.6 Å². The highest BCUT2D eigenvalue weighted by Gasteiger charge is 2.61. The van der Waals surface area contributed by atoms with Crippen molar-refractivity contribution in [3.63, 3.8) is 0 Å². The number of carbonyl (C=O) groups excluding carboxylic acids is 3. The number of carbonyl (C=O) groups is 3. The van der Waals surface area contributed by atoms with Crippen molar-refractivity contribution in [1.29, 1.82) is 0 Å². The second kappa shape index (κ2) is 13.6. The predicted octanol–water partition coefficient (Wildman–Crippen LogP) is 5.85. The molecule has 43 heavy (non-hydrogen) atoms. The van der Waals surface area contributed by atoms with Crippen molar-refractivity contribution in [3.8, 4) is 11.5 Å². The molecule has 230 valence electrons. The Labute approximate surface area is 255 Å². The lowest BCUT2D eigenvalue weighted by Crippen LogP contribution is -2.56. The lowest BCUT2D eigenvalue weighted by molar-refractivity contribution is -0.149. The first-order valence-corrected chi connectivity index (χ1v) is 15.1. The monoisotopic (exact) mass is 587 g/mol. The zero-order valence-electron chi connectivity index (χ0n) is 25.9. The predicted molar refractivity (Wildman–Crippen MR) is 167 cm³/mol. The fraction of sp³-hybridized carbons (Fsp3) is 0.457. The van der Waals surface area contributed by atoms with Crippen LogP contribution in [-0.4, -0.2) is 29.9 Å². The van der Waals surface area contributed by atoms with E-state index in [-0.39, 0.29) is 30.2 Å². The van der Waals surface area contributed by atoms with Gasteiger partial charge >= 0.3 is 5.97 Å². The lowest BCUT2D eigenvalue weighted by Gasteiger charge is -2.33. The molecular formula is C35H45N3O5. The Morgan fingerprint density at radius 2 is 1.81 bits per heavy atom. The Morgan fingerprint density at radius 1 is 1.07 bits per heavy atom. The summed E-state index contributed by atoms with van der Waals surface area (Å²) in [5, 5.41) is 6.08. The van der Waals surface area contributed by atoms with E-state index in [1.54, 1.807) is 0 Å². The number of allylic oxidation sites excluding steroid dienone is 2. The average Bonchev–Trinajstić information content (AvgIpc) is 3.69. The maximum absolute atomic E-state index is 13.8. The topological polar surface area (TPSA) is 120 Å². The van der Waals surface area contributed by atoms with E-state index in [0.717, 1.165) is 47.5 Å². The number of ether oxygens (including phenoxy) is 1. The number of hydrogen-bond donors (Lipinski definition) is 3. The zero-order valence-corrected chi connectivity index (χ0v) is 25.9. The van der Waals surface area contributed by atoms with Crippen molar-refractivity contribution in [1.82, 2.24) is 10.6 Å². The summed E-state index contributed by atoms with van der Waals surface area (Å²) in [6.45, 7) is 9.70. The van der Waals surface area contributed by atoms with Crippen LogP contribution in [0.2, 0.25) is 0 Å². The van der Waals surface area contributed by atoms with E-state index >= 15 is 0 Å². The van der Waals surface area contributed by atoms with Gasteiger partial charge in [-0.15, -0.1) is 0 Å². The Bertz CT molecular complexity index is 1380. The van der Waals surface area contributed by atoms with Crippen LogP contribution in [0, 0.1) is 23.7 Å². The third-order valence-corrected chi connectivity index (χ3v) is 8.55. The molecule has 0 radical (unpaired) electrons. The standard InChI is InChI=1S/C35H45N3O5/c1-23-20-25(17-19-29(23)42-28-14-10-7-11-15-28)16-18-27-21-35(27,22-30(39)43-36)33(41)38-31(34(3,4)5)32(40)37-24(2)26-12-8-6-9-13-26/h7-8,10-15,17,19-20,24,27,31H,6,9,16,18,21-22,36H2,1-5H3,(H,37,40)(H,38,41)/t24-,27-,31-,35?/m1/s1. The van der Waals surface area contributed by atoms with Crippen molar-refractivity contribution in [2.45, 2.75) is 85.2 Å². The molecule has 2 aliphatic carbocycles. The van der Waals surface area contributed by atoms with Gasteiger partial charge in [0.25, 0.3) is 0 Å². The molecule has 0 spiro atoms. The second-order valence-electron chi connectivity index (χ2n) is 13.0. The normalized spacial score (nSPS) is 20.8. The summed E-state index contributed by atoms with van der Waals surface area (Å²) in [6.07, 6.45) is 10.0. The molecule has 0 heterocycles. The maximum atomic E-state index is 13.8. The largest absolute Gasteiger partial charge is 0.457 e. The van der Waals surface area contributed by atoms with Crippen molar-refractivity contribution in [3.05, 3.63) is 83.5 Å². The molecule has 4 N–H and O–H groups in total. The Hall–Kier alpha value is -3.91. The minimum absolute atomic E-state index is 0.0488. The smallest absolute Gasteiger partial charge is 0.325 e. The summed E-state index contributed by atoms with van der Waals surface area (Å²) in [6, 6.07) is 14.7. The Kier molecular flexibility index (Phi) is 10.1. The van der Waals surface area contributed by atoms with Crippen LogP contribution in [0.25, 0.3) is 0 Å². The first kappa shape index (κ1) is 32.0. The van der Waals surface area contributed by atoms with Crippen molar-refractivity contribution in [2.75, 3.05) is 0 Å². The first-order chi connectivity index (χ1) is 20.4. The van der Waals surface area contributed by atoms with Crippen LogP contribution in [0.1, 0.15) is 70.9 Å². The molecule has 8 nitrogen and oxygen atoms in total. The maximum Gasteiger partial charge on any atom is 0.325 e. The van der Waals surface area contributed by atoms with Gasteiger partial charge in [-0.2, -0.15) is 5.90 Å². The molecule has 1 saturated carbocycles. The SMILES string of the molecule is Cc1cc(CC[C@@H]2CC2(CC(=O)ON)C(=O)N[C@H](C(=O)N[C@H](C)C2=CCCC=C2)C(C)(C)C)ccc1Oc1ccccc1. The highest BCUT2D eigenvalue weighted by molar-refractivity contribution is 5.94. The quantitative estimate of drug-likeness (QED) is 0.268. The van der Waals surface area contributed by atoms with Crippen molar-refractivity contribution >= 4 is 17.8 Å². The van der Waals surface area contributed by atoms with Gasteiger partial charge in [-0.1, -0.05) is 69.3 Å². The Balaban J connectivity index is 1.42. The van der Waals surface area contributed by atoms with Gasteiger partial charge in [0.2, 0.25) is 11.8 Å². The van der Waals surface area contributed by atoms with Crippen LogP contribution in [0.3, 0.4) is 0 Å². The van der Waals surface area contributed by atoms with Crippen LogP contribution in [0.15, 0.2) is 72.3 Å². The third kappa shape index (κ3) is 8.14. The van der Waals surface area contributed by atoms with E-state index in [9.17, 15) is 14.4 Å². The van der Waals surface area contributed by atoms with Gasteiger partial charge in [-0.05, 0) is 92.2 Å². The highest BCUT2D eigenvalue weighted by atomic mass is 16.7. The number of rotatable bonds is 12. The number of para-hydroxylation sites is 1. The summed E-state index contributed by atoms with van der Waals surface area (Å²) in [5.41, 5.74) is 1.66. The summed E-state index contributed by atoms with van der Waals surface area (Å²) < 4.78 is 6.01. The van der Waals surface area contributed by atoms with Gasteiger partial charge in [0.1, 0.15) is 17.5 Å². The summed E-state index contributed by atoms with van der Waals surface area (Å²) in [4.78, 5) is 44.1. The average molecular weight is 588 g/mol. The van der Waals surface area contributed by atoms with E-state index in [4.69, 9.17) is 10.6 Å². The minimum atomic E-state index is -0.966. The number of nitrogens with two attached hydrogens (primary N) is 1. The summed E-state index contributed by atoms with van der Waals surface area (Å²) >= 11 is 0. The fourth-order valence-electron chi connectivity index (χ4n) is 5.86. The van der Waals surface area contributed by atoms with Crippen LogP contribution < -0.4 is 21.3 Å². The van der Waals surface area contributed by atoms with Gasteiger partial charge < -0.3 is 20.2 Å². The molecule has 4 atom stereocenters. The number of nitrogens with one attached hydrogen (secondary N) is 2.